The molecule has 6 heteroatoms. The van der Waals surface area contributed by atoms with Crippen LogP contribution in [0.2, 0.25) is 5.02 Å². The van der Waals surface area contributed by atoms with Crippen LogP contribution in [-0.4, -0.2) is 23.8 Å². The molecule has 1 heterocycles. The maximum Gasteiger partial charge on any atom is 0.181 e. The Labute approximate surface area is 122 Å². The molecule has 1 fully saturated rings. The second kappa shape index (κ2) is 4.90. The van der Waals surface area contributed by atoms with Crippen LogP contribution in [0, 0.1) is 0 Å². The van der Waals surface area contributed by atoms with Crippen LogP contribution in [0.1, 0.15) is 25.7 Å². The Hall–Kier alpha value is -1.33. The maximum atomic E-state index is 12.7. The number of aromatic nitrogens is 1. The third-order valence-corrected chi connectivity index (χ3v) is 6.42. The van der Waals surface area contributed by atoms with Crippen LogP contribution < -0.4 is 0 Å². The van der Waals surface area contributed by atoms with Crippen molar-refractivity contribution < 1.29 is 13.5 Å². The molecule has 2 aromatic rings. The number of benzene rings is 1. The van der Waals surface area contributed by atoms with Crippen LogP contribution in [0.25, 0.3) is 10.9 Å². The van der Waals surface area contributed by atoms with Crippen molar-refractivity contribution >= 4 is 32.3 Å². The fraction of sp³-hybridized carbons (Fsp3) is 0.357. The minimum absolute atomic E-state index is 0.0211. The second-order valence-corrected chi connectivity index (χ2v) is 7.66. The highest BCUT2D eigenvalue weighted by Gasteiger charge is 2.32. The molecular weight excluding hydrogens is 298 g/mol. The molecule has 0 radical (unpaired) electrons. The van der Waals surface area contributed by atoms with Crippen molar-refractivity contribution in [3.05, 3.63) is 29.4 Å². The molecule has 0 atom stereocenters. The molecule has 0 spiro atoms. The summed E-state index contributed by atoms with van der Waals surface area (Å²) in [6, 6.07) is 4.65. The number of aromatic hydroxyl groups is 1. The largest absolute Gasteiger partial charge is 0.504 e. The van der Waals surface area contributed by atoms with Gasteiger partial charge in [0.15, 0.2) is 15.6 Å². The van der Waals surface area contributed by atoms with Gasteiger partial charge in [0.05, 0.1) is 15.2 Å². The number of pyridine rings is 1. The molecule has 1 saturated carbocycles. The predicted octanol–water partition coefficient (Wildman–Crippen LogP) is 3.31. The second-order valence-electron chi connectivity index (χ2n) is 5.06. The van der Waals surface area contributed by atoms with E-state index in [4.69, 9.17) is 11.6 Å². The van der Waals surface area contributed by atoms with Crippen molar-refractivity contribution in [1.82, 2.24) is 4.98 Å². The topological polar surface area (TPSA) is 67.3 Å². The van der Waals surface area contributed by atoms with E-state index >= 15 is 0 Å². The van der Waals surface area contributed by atoms with Crippen molar-refractivity contribution in [1.29, 1.82) is 0 Å². The zero-order valence-electron chi connectivity index (χ0n) is 10.7. The highest BCUT2D eigenvalue weighted by atomic mass is 35.5. The number of sulfone groups is 1. The van der Waals surface area contributed by atoms with E-state index in [0.717, 1.165) is 12.8 Å². The molecule has 3 rings (SSSR count). The lowest BCUT2D eigenvalue weighted by Gasteiger charge is -2.14. The number of fused-ring (bicyclic) bond motifs is 1. The van der Waals surface area contributed by atoms with Gasteiger partial charge in [-0.25, -0.2) is 8.42 Å². The molecule has 106 valence electrons. The molecule has 1 N–H and O–H groups in total. The highest BCUT2D eigenvalue weighted by Crippen LogP contribution is 2.39. The first-order valence-corrected chi connectivity index (χ1v) is 8.44. The molecule has 0 aliphatic heterocycles. The molecule has 4 nitrogen and oxygen atoms in total. The minimum Gasteiger partial charge on any atom is -0.504 e. The number of halogens is 1. The number of rotatable bonds is 2. The quantitative estimate of drug-likeness (QED) is 0.924. The Morgan fingerprint density at radius 1 is 1.30 bits per heavy atom. The Morgan fingerprint density at radius 3 is 2.70 bits per heavy atom. The van der Waals surface area contributed by atoms with Crippen molar-refractivity contribution in [2.24, 2.45) is 0 Å². The smallest absolute Gasteiger partial charge is 0.181 e. The lowest BCUT2D eigenvalue weighted by atomic mass is 10.2. The molecule has 1 aliphatic rings. The average molecular weight is 312 g/mol. The van der Waals surface area contributed by atoms with Crippen LogP contribution >= 0.6 is 11.6 Å². The van der Waals surface area contributed by atoms with E-state index in [0.29, 0.717) is 18.2 Å². The zero-order chi connectivity index (χ0) is 14.3. The predicted molar refractivity (Wildman–Crippen MR) is 77.9 cm³/mol. The lowest BCUT2D eigenvalue weighted by Crippen LogP contribution is -2.18. The van der Waals surface area contributed by atoms with Gasteiger partial charge in [-0.05, 0) is 31.0 Å². The van der Waals surface area contributed by atoms with Gasteiger partial charge in [-0.1, -0.05) is 24.4 Å². The van der Waals surface area contributed by atoms with Gasteiger partial charge in [0.1, 0.15) is 5.52 Å². The van der Waals surface area contributed by atoms with E-state index in [1.807, 2.05) is 0 Å². The van der Waals surface area contributed by atoms with E-state index in [2.05, 4.69) is 4.98 Å². The highest BCUT2D eigenvalue weighted by molar-refractivity contribution is 7.92. The Morgan fingerprint density at radius 2 is 2.00 bits per heavy atom. The van der Waals surface area contributed by atoms with Gasteiger partial charge in [0.25, 0.3) is 0 Å². The molecule has 1 aromatic heterocycles. The Balaban J connectivity index is 2.29. The number of phenols is 1. The molecule has 0 saturated heterocycles. The summed E-state index contributed by atoms with van der Waals surface area (Å²) in [7, 11) is -3.44. The Bertz CT molecular complexity index is 767. The van der Waals surface area contributed by atoms with Gasteiger partial charge >= 0.3 is 0 Å². The summed E-state index contributed by atoms with van der Waals surface area (Å²) in [5.41, 5.74) is 0.233. The maximum absolute atomic E-state index is 12.7. The van der Waals surface area contributed by atoms with Crippen molar-refractivity contribution in [3.8, 4) is 5.75 Å². The first-order chi connectivity index (χ1) is 9.51. The van der Waals surface area contributed by atoms with Crippen LogP contribution in [0.5, 0.6) is 5.75 Å². The summed E-state index contributed by atoms with van der Waals surface area (Å²) in [5.74, 6) is -0.173. The number of hydrogen-bond acceptors (Lipinski definition) is 4. The van der Waals surface area contributed by atoms with E-state index in [9.17, 15) is 13.5 Å². The SMILES string of the molecule is O=S(=O)(c1cc(Cl)c(O)c2ncccc12)C1CCCC1. The number of nitrogens with zero attached hydrogens (tertiary/aromatic N) is 1. The number of phenolic OH excluding ortho intramolecular Hbond substituents is 1. The normalized spacial score (nSPS) is 16.9. The van der Waals surface area contributed by atoms with Gasteiger partial charge < -0.3 is 5.11 Å². The lowest BCUT2D eigenvalue weighted by molar-refractivity contribution is 0.480. The van der Waals surface area contributed by atoms with Gasteiger partial charge in [0.2, 0.25) is 0 Å². The minimum atomic E-state index is -3.44. The van der Waals surface area contributed by atoms with Crippen LogP contribution in [0.4, 0.5) is 0 Å². The summed E-state index contributed by atoms with van der Waals surface area (Å²) in [5, 5.41) is 10.0. The average Bonchev–Trinajstić information content (AvgIpc) is 2.97. The fourth-order valence-electron chi connectivity index (χ4n) is 2.78. The first kappa shape index (κ1) is 13.6. The van der Waals surface area contributed by atoms with Gasteiger partial charge in [0, 0.05) is 11.6 Å². The van der Waals surface area contributed by atoms with E-state index in [1.165, 1.54) is 12.3 Å². The summed E-state index contributed by atoms with van der Waals surface area (Å²) in [6.07, 6.45) is 4.74. The third kappa shape index (κ3) is 2.05. The summed E-state index contributed by atoms with van der Waals surface area (Å²) < 4.78 is 25.5. The van der Waals surface area contributed by atoms with Crippen molar-refractivity contribution in [2.75, 3.05) is 0 Å². The summed E-state index contributed by atoms with van der Waals surface area (Å²) in [6.45, 7) is 0. The molecule has 0 unspecified atom stereocenters. The van der Waals surface area contributed by atoms with Crippen LogP contribution in [0.3, 0.4) is 0 Å². The summed E-state index contributed by atoms with van der Waals surface area (Å²) >= 11 is 5.95. The van der Waals surface area contributed by atoms with Crippen LogP contribution in [0.15, 0.2) is 29.3 Å². The third-order valence-electron chi connectivity index (χ3n) is 3.83. The van der Waals surface area contributed by atoms with Crippen LogP contribution in [-0.2, 0) is 9.84 Å². The van der Waals surface area contributed by atoms with E-state index in [-0.39, 0.29) is 26.4 Å². The van der Waals surface area contributed by atoms with E-state index in [1.54, 1.807) is 12.1 Å². The molecule has 0 amide bonds. The molecular formula is C14H14ClNO3S. The molecule has 0 bridgehead atoms. The molecule has 1 aliphatic carbocycles. The van der Waals surface area contributed by atoms with Crippen molar-refractivity contribution in [2.45, 2.75) is 35.8 Å². The van der Waals surface area contributed by atoms with Crippen molar-refractivity contribution in [3.63, 3.8) is 0 Å². The van der Waals surface area contributed by atoms with Gasteiger partial charge in [-0.2, -0.15) is 0 Å². The van der Waals surface area contributed by atoms with Gasteiger partial charge in [-0.3, -0.25) is 4.98 Å². The zero-order valence-corrected chi connectivity index (χ0v) is 12.3. The molecule has 1 aromatic carbocycles. The first-order valence-electron chi connectivity index (χ1n) is 6.52. The van der Waals surface area contributed by atoms with E-state index < -0.39 is 9.84 Å². The standard InChI is InChI=1S/C14H14ClNO3S/c15-11-8-12(20(18,19)9-4-1-2-5-9)10-6-3-7-16-13(10)14(11)17/h3,6-9,17H,1-2,4-5H2. The molecule has 20 heavy (non-hydrogen) atoms. The summed E-state index contributed by atoms with van der Waals surface area (Å²) in [4.78, 5) is 4.22. The van der Waals surface area contributed by atoms with Gasteiger partial charge in [-0.15, -0.1) is 0 Å². The number of hydrogen-bond donors (Lipinski definition) is 1. The monoisotopic (exact) mass is 311 g/mol. The fourth-order valence-corrected chi connectivity index (χ4v) is 5.11. The Kier molecular flexibility index (Phi) is 3.34.